The van der Waals surface area contributed by atoms with Gasteiger partial charge in [0.2, 0.25) is 0 Å². The standard InChI is InChI=1S/C23H44NO5/c1-6-8-10-11-12-14-15-21(26)22(16-13-9-7-2)29-23(27)19-24(4,5)17-18-28-20(3)25/h12,14,21-22,26H,6-11,13,15-19H2,1-5H3/q+1/b14-12-. The number of aliphatic hydroxyl groups is 1. The molecule has 2 unspecified atom stereocenters. The van der Waals surface area contributed by atoms with Gasteiger partial charge in [0.05, 0.1) is 20.2 Å². The zero-order valence-corrected chi connectivity index (χ0v) is 19.3. The molecule has 170 valence electrons. The number of carbonyl (C=O) groups excluding carboxylic acids is 2. The van der Waals surface area contributed by atoms with E-state index in [0.717, 1.165) is 25.7 Å². The van der Waals surface area contributed by atoms with Crippen LogP contribution in [0.4, 0.5) is 0 Å². The minimum absolute atomic E-state index is 0.172. The molecule has 0 aliphatic heterocycles. The van der Waals surface area contributed by atoms with E-state index in [1.165, 1.54) is 26.2 Å². The third-order valence-electron chi connectivity index (χ3n) is 4.88. The molecule has 6 nitrogen and oxygen atoms in total. The number of allylic oxidation sites excluding steroid dienone is 1. The van der Waals surface area contributed by atoms with Gasteiger partial charge in [-0.15, -0.1) is 0 Å². The molecule has 29 heavy (non-hydrogen) atoms. The molecule has 2 atom stereocenters. The fourth-order valence-electron chi connectivity index (χ4n) is 3.01. The molecule has 0 aromatic rings. The van der Waals surface area contributed by atoms with Gasteiger partial charge in [-0.05, 0) is 32.1 Å². The molecular weight excluding hydrogens is 370 g/mol. The Morgan fingerprint density at radius 2 is 1.69 bits per heavy atom. The lowest BCUT2D eigenvalue weighted by Gasteiger charge is -2.30. The molecular formula is C23H44NO5+. The molecule has 0 rings (SSSR count). The SMILES string of the molecule is CCCCC/C=C\CC(O)C(CCCCC)OC(=O)C[N+](C)(C)CCOC(C)=O. The summed E-state index contributed by atoms with van der Waals surface area (Å²) >= 11 is 0. The van der Waals surface area contributed by atoms with Gasteiger partial charge < -0.3 is 19.1 Å². The summed E-state index contributed by atoms with van der Waals surface area (Å²) in [5, 5.41) is 10.6. The molecule has 0 aromatic carbocycles. The Hall–Kier alpha value is -1.40. The molecule has 0 saturated carbocycles. The zero-order chi connectivity index (χ0) is 22.1. The first kappa shape index (κ1) is 27.6. The van der Waals surface area contributed by atoms with Crippen LogP contribution in [0.15, 0.2) is 12.2 Å². The van der Waals surface area contributed by atoms with Gasteiger partial charge in [-0.1, -0.05) is 51.7 Å². The summed E-state index contributed by atoms with van der Waals surface area (Å²) in [4.78, 5) is 23.4. The first-order valence-corrected chi connectivity index (χ1v) is 11.2. The number of esters is 2. The van der Waals surface area contributed by atoms with Gasteiger partial charge in [0, 0.05) is 6.92 Å². The van der Waals surface area contributed by atoms with Crippen molar-refractivity contribution in [2.24, 2.45) is 0 Å². The lowest BCUT2D eigenvalue weighted by molar-refractivity contribution is -0.883. The first-order chi connectivity index (χ1) is 13.7. The molecule has 0 radical (unpaired) electrons. The number of hydrogen-bond donors (Lipinski definition) is 1. The highest BCUT2D eigenvalue weighted by molar-refractivity contribution is 5.70. The number of likely N-dealkylation sites (N-methyl/N-ethyl adjacent to an activating group) is 1. The molecule has 0 saturated heterocycles. The fraction of sp³-hybridized carbons (Fsp3) is 0.826. The van der Waals surface area contributed by atoms with Crippen LogP contribution < -0.4 is 0 Å². The summed E-state index contributed by atoms with van der Waals surface area (Å²) in [6, 6.07) is 0. The minimum Gasteiger partial charge on any atom is -0.460 e. The molecule has 1 N–H and O–H groups in total. The quantitative estimate of drug-likeness (QED) is 0.168. The maximum atomic E-state index is 12.5. The molecule has 0 aliphatic carbocycles. The van der Waals surface area contributed by atoms with E-state index in [9.17, 15) is 14.7 Å². The number of ether oxygens (including phenoxy) is 2. The Balaban J connectivity index is 4.60. The first-order valence-electron chi connectivity index (χ1n) is 11.2. The van der Waals surface area contributed by atoms with Gasteiger partial charge in [0.1, 0.15) is 19.3 Å². The second kappa shape index (κ2) is 16.4. The molecule has 0 spiro atoms. The molecule has 0 aliphatic rings. The number of carbonyl (C=O) groups is 2. The second-order valence-corrected chi connectivity index (χ2v) is 8.45. The van der Waals surface area contributed by atoms with Crippen LogP contribution in [0.3, 0.4) is 0 Å². The van der Waals surface area contributed by atoms with E-state index in [0.29, 0.717) is 23.9 Å². The van der Waals surface area contributed by atoms with Crippen LogP contribution in [0.2, 0.25) is 0 Å². The van der Waals surface area contributed by atoms with Crippen molar-refractivity contribution in [1.29, 1.82) is 0 Å². The van der Waals surface area contributed by atoms with Crippen LogP contribution in [-0.4, -0.2) is 67.5 Å². The van der Waals surface area contributed by atoms with Gasteiger partial charge >= 0.3 is 11.9 Å². The monoisotopic (exact) mass is 414 g/mol. The van der Waals surface area contributed by atoms with Crippen LogP contribution in [0.5, 0.6) is 0 Å². The molecule has 0 fully saturated rings. The van der Waals surface area contributed by atoms with E-state index in [1.807, 2.05) is 20.2 Å². The molecule has 0 aromatic heterocycles. The number of rotatable bonds is 17. The van der Waals surface area contributed by atoms with Crippen molar-refractivity contribution >= 4 is 11.9 Å². The smallest absolute Gasteiger partial charge is 0.362 e. The van der Waals surface area contributed by atoms with E-state index in [4.69, 9.17) is 9.47 Å². The number of hydrogen-bond acceptors (Lipinski definition) is 5. The Morgan fingerprint density at radius 3 is 2.31 bits per heavy atom. The van der Waals surface area contributed by atoms with Crippen LogP contribution in [-0.2, 0) is 19.1 Å². The summed E-state index contributed by atoms with van der Waals surface area (Å²) < 4.78 is 11.0. The van der Waals surface area contributed by atoms with E-state index >= 15 is 0 Å². The van der Waals surface area contributed by atoms with Crippen molar-refractivity contribution in [2.45, 2.75) is 90.8 Å². The van der Waals surface area contributed by atoms with E-state index < -0.39 is 12.2 Å². The highest BCUT2D eigenvalue weighted by atomic mass is 16.6. The zero-order valence-electron chi connectivity index (χ0n) is 19.3. The van der Waals surface area contributed by atoms with Crippen LogP contribution in [0.1, 0.15) is 78.6 Å². The Bertz CT molecular complexity index is 476. The van der Waals surface area contributed by atoms with Crippen molar-refractivity contribution < 1.29 is 28.7 Å². The summed E-state index contributed by atoms with van der Waals surface area (Å²) in [5.41, 5.74) is 0. The van der Waals surface area contributed by atoms with Gasteiger partial charge in [-0.25, -0.2) is 4.79 Å². The largest absolute Gasteiger partial charge is 0.460 e. The lowest BCUT2D eigenvalue weighted by Crippen LogP contribution is -2.47. The van der Waals surface area contributed by atoms with Crippen molar-refractivity contribution in [2.75, 3.05) is 33.8 Å². The molecule has 0 amide bonds. The topological polar surface area (TPSA) is 72.8 Å². The van der Waals surface area contributed by atoms with Crippen LogP contribution in [0.25, 0.3) is 0 Å². The van der Waals surface area contributed by atoms with Crippen molar-refractivity contribution in [3.63, 3.8) is 0 Å². The second-order valence-electron chi connectivity index (χ2n) is 8.45. The third-order valence-corrected chi connectivity index (χ3v) is 4.88. The van der Waals surface area contributed by atoms with Crippen molar-refractivity contribution in [3.05, 3.63) is 12.2 Å². The molecule has 0 bridgehead atoms. The predicted octanol–water partition coefficient (Wildman–Crippen LogP) is 4.01. The molecule has 6 heteroatoms. The van der Waals surface area contributed by atoms with Gasteiger partial charge in [-0.3, -0.25) is 4.79 Å². The van der Waals surface area contributed by atoms with Gasteiger partial charge in [-0.2, -0.15) is 0 Å². The maximum Gasteiger partial charge on any atom is 0.362 e. The number of unbranched alkanes of at least 4 members (excludes halogenated alkanes) is 5. The third kappa shape index (κ3) is 16.1. The van der Waals surface area contributed by atoms with Crippen molar-refractivity contribution in [1.82, 2.24) is 0 Å². The van der Waals surface area contributed by atoms with Crippen molar-refractivity contribution in [3.8, 4) is 0 Å². The van der Waals surface area contributed by atoms with Gasteiger partial charge in [0.15, 0.2) is 6.54 Å². The summed E-state index contributed by atoms with van der Waals surface area (Å²) in [7, 11) is 3.79. The Kier molecular flexibility index (Phi) is 15.6. The van der Waals surface area contributed by atoms with Crippen LogP contribution in [0, 0.1) is 0 Å². The fourth-order valence-corrected chi connectivity index (χ4v) is 3.01. The van der Waals surface area contributed by atoms with E-state index in [-0.39, 0.29) is 25.1 Å². The highest BCUT2D eigenvalue weighted by Crippen LogP contribution is 2.15. The Morgan fingerprint density at radius 1 is 1.03 bits per heavy atom. The average Bonchev–Trinajstić information content (AvgIpc) is 2.62. The van der Waals surface area contributed by atoms with E-state index in [2.05, 4.69) is 19.9 Å². The number of nitrogens with zero attached hydrogens (tertiary/aromatic N) is 1. The Labute approximate surface area is 177 Å². The van der Waals surface area contributed by atoms with Gasteiger partial charge in [0.25, 0.3) is 0 Å². The normalized spacial score (nSPS) is 14.0. The molecule has 0 heterocycles. The number of aliphatic hydroxyl groups excluding tert-OH is 1. The summed E-state index contributed by atoms with van der Waals surface area (Å²) in [5.74, 6) is -0.653. The van der Waals surface area contributed by atoms with Crippen LogP contribution >= 0.6 is 0 Å². The van der Waals surface area contributed by atoms with E-state index in [1.54, 1.807) is 0 Å². The number of quaternary nitrogens is 1. The lowest BCUT2D eigenvalue weighted by atomic mass is 10.0. The highest BCUT2D eigenvalue weighted by Gasteiger charge is 2.27. The summed E-state index contributed by atoms with van der Waals surface area (Å²) in [6.45, 7) is 6.64. The maximum absolute atomic E-state index is 12.5. The predicted molar refractivity (Wildman–Crippen MR) is 116 cm³/mol. The average molecular weight is 415 g/mol. The minimum atomic E-state index is -0.685. The summed E-state index contributed by atoms with van der Waals surface area (Å²) in [6.07, 6.45) is 11.8.